The van der Waals surface area contributed by atoms with Crippen LogP contribution in [0.4, 0.5) is 13.2 Å². The Morgan fingerprint density at radius 2 is 1.71 bits per heavy atom. The van der Waals surface area contributed by atoms with Gasteiger partial charge in [-0.15, -0.1) is 0 Å². The molecule has 0 radical (unpaired) electrons. The van der Waals surface area contributed by atoms with Gasteiger partial charge in [-0.2, -0.15) is 13.2 Å². The monoisotopic (exact) mass is 283 g/mol. The molecule has 0 unspecified atom stereocenters. The Balaban J connectivity index is 3.25. The zero-order chi connectivity index (χ0) is 13.2. The van der Waals surface area contributed by atoms with Gasteiger partial charge in [-0.1, -0.05) is 23.2 Å². The van der Waals surface area contributed by atoms with E-state index < -0.39 is 17.6 Å². The Labute approximate surface area is 105 Å². The number of hydrogen-bond acceptors (Lipinski definition) is 1. The van der Waals surface area contributed by atoms with Crippen LogP contribution in [0.15, 0.2) is 18.2 Å². The van der Waals surface area contributed by atoms with E-state index in [2.05, 4.69) is 0 Å². The van der Waals surface area contributed by atoms with E-state index in [1.807, 2.05) is 0 Å². The molecule has 1 rings (SSSR count). The van der Waals surface area contributed by atoms with Crippen molar-refractivity contribution < 1.29 is 18.0 Å². The summed E-state index contributed by atoms with van der Waals surface area (Å²) in [5, 5.41) is -0.412. The van der Waals surface area contributed by atoms with E-state index in [0.717, 1.165) is 24.3 Å². The summed E-state index contributed by atoms with van der Waals surface area (Å²) in [6.07, 6.45) is -2.41. The molecule has 2 nitrogen and oxygen atoms in total. The average molecular weight is 284 g/mol. The van der Waals surface area contributed by atoms with Gasteiger partial charge in [0.25, 0.3) is 0 Å². The Morgan fingerprint density at radius 1 is 1.24 bits per heavy atom. The van der Waals surface area contributed by atoms with Crippen molar-refractivity contribution >= 4 is 35.2 Å². The molecule has 0 spiro atoms. The maximum atomic E-state index is 12.4. The number of hydrogen-bond donors (Lipinski definition) is 1. The van der Waals surface area contributed by atoms with Gasteiger partial charge >= 0.3 is 6.18 Å². The fourth-order valence-electron chi connectivity index (χ4n) is 1.07. The standard InChI is InChI=1S/C10H6Cl2F3NO/c11-7-3-5(10(13,14)15)4-8(12)6(7)1-2-9(16)17/h1-4H,(H2,16,17). The Morgan fingerprint density at radius 3 is 2.06 bits per heavy atom. The van der Waals surface area contributed by atoms with Crippen LogP contribution in [0.25, 0.3) is 6.08 Å². The van der Waals surface area contributed by atoms with Gasteiger partial charge in [0.15, 0.2) is 0 Å². The molecule has 1 aromatic rings. The van der Waals surface area contributed by atoms with Crippen LogP contribution in [-0.4, -0.2) is 5.91 Å². The van der Waals surface area contributed by atoms with E-state index in [-0.39, 0.29) is 15.6 Å². The molecule has 0 heterocycles. The third-order valence-electron chi connectivity index (χ3n) is 1.82. The lowest BCUT2D eigenvalue weighted by molar-refractivity contribution is -0.137. The predicted molar refractivity (Wildman–Crippen MR) is 59.7 cm³/mol. The normalized spacial score (nSPS) is 12.1. The summed E-state index contributed by atoms with van der Waals surface area (Å²) < 4.78 is 37.2. The largest absolute Gasteiger partial charge is 0.416 e. The molecule has 0 fully saturated rings. The second kappa shape index (κ2) is 4.98. The fraction of sp³-hybridized carbons (Fsp3) is 0.100. The molecule has 1 aromatic carbocycles. The van der Waals surface area contributed by atoms with Crippen molar-refractivity contribution in [3.05, 3.63) is 39.4 Å². The first-order chi connectivity index (χ1) is 7.71. The molecular weight excluding hydrogens is 278 g/mol. The molecule has 17 heavy (non-hydrogen) atoms. The Kier molecular flexibility index (Phi) is 4.06. The number of carbonyl (C=O) groups is 1. The second-order valence-electron chi connectivity index (χ2n) is 3.09. The van der Waals surface area contributed by atoms with Crippen molar-refractivity contribution in [2.45, 2.75) is 6.18 Å². The van der Waals surface area contributed by atoms with Crippen LogP contribution < -0.4 is 5.73 Å². The number of benzene rings is 1. The lowest BCUT2D eigenvalue weighted by atomic mass is 10.1. The SMILES string of the molecule is NC(=O)C=Cc1c(Cl)cc(C(F)(F)F)cc1Cl. The van der Waals surface area contributed by atoms with Gasteiger partial charge in [-0.25, -0.2) is 0 Å². The zero-order valence-corrected chi connectivity index (χ0v) is 9.70. The van der Waals surface area contributed by atoms with E-state index in [1.54, 1.807) is 0 Å². The molecule has 0 saturated heterocycles. The number of rotatable bonds is 2. The van der Waals surface area contributed by atoms with Gasteiger partial charge in [0.05, 0.1) is 5.56 Å². The zero-order valence-electron chi connectivity index (χ0n) is 8.18. The lowest BCUT2D eigenvalue weighted by Crippen LogP contribution is -2.06. The quantitative estimate of drug-likeness (QED) is 0.830. The Hall–Kier alpha value is -1.20. The van der Waals surface area contributed by atoms with Crippen LogP contribution in [0.1, 0.15) is 11.1 Å². The summed E-state index contributed by atoms with van der Waals surface area (Å²) in [6, 6.07) is 1.46. The highest BCUT2D eigenvalue weighted by molar-refractivity contribution is 6.37. The van der Waals surface area contributed by atoms with E-state index >= 15 is 0 Å². The molecular formula is C10H6Cl2F3NO. The maximum absolute atomic E-state index is 12.4. The molecule has 0 aliphatic rings. The van der Waals surface area contributed by atoms with Crippen molar-refractivity contribution in [3.63, 3.8) is 0 Å². The van der Waals surface area contributed by atoms with Gasteiger partial charge in [0, 0.05) is 21.7 Å². The number of alkyl halides is 3. The fourth-order valence-corrected chi connectivity index (χ4v) is 1.69. The third kappa shape index (κ3) is 3.64. The molecule has 0 aliphatic carbocycles. The first-order valence-electron chi connectivity index (χ1n) is 4.25. The minimum absolute atomic E-state index is 0.111. The summed E-state index contributed by atoms with van der Waals surface area (Å²) in [6.45, 7) is 0. The molecule has 92 valence electrons. The lowest BCUT2D eigenvalue weighted by Gasteiger charge is -2.09. The van der Waals surface area contributed by atoms with Crippen molar-refractivity contribution in [2.24, 2.45) is 5.73 Å². The van der Waals surface area contributed by atoms with Gasteiger partial charge in [-0.05, 0) is 18.2 Å². The molecule has 1 amide bonds. The molecule has 7 heteroatoms. The summed E-state index contributed by atoms with van der Waals surface area (Å²) in [4.78, 5) is 10.5. The molecule has 0 saturated carbocycles. The molecule has 2 N–H and O–H groups in total. The average Bonchev–Trinajstić information content (AvgIpc) is 2.14. The minimum atomic E-state index is -4.53. The Bertz CT molecular complexity index is 460. The topological polar surface area (TPSA) is 43.1 Å². The number of primary amides is 1. The first-order valence-corrected chi connectivity index (χ1v) is 5.01. The minimum Gasteiger partial charge on any atom is -0.366 e. The summed E-state index contributed by atoms with van der Waals surface area (Å²) in [5.41, 5.74) is 4.00. The highest BCUT2D eigenvalue weighted by Gasteiger charge is 2.31. The molecule has 0 bridgehead atoms. The van der Waals surface area contributed by atoms with Crippen LogP contribution >= 0.6 is 23.2 Å². The van der Waals surface area contributed by atoms with E-state index in [9.17, 15) is 18.0 Å². The van der Waals surface area contributed by atoms with Crippen molar-refractivity contribution in [3.8, 4) is 0 Å². The number of carbonyl (C=O) groups excluding carboxylic acids is 1. The van der Waals surface area contributed by atoms with Gasteiger partial charge in [0.1, 0.15) is 0 Å². The number of halogens is 5. The highest BCUT2D eigenvalue weighted by Crippen LogP contribution is 2.36. The van der Waals surface area contributed by atoms with Crippen LogP contribution in [0.3, 0.4) is 0 Å². The summed E-state index contributed by atoms with van der Waals surface area (Å²) in [5.74, 6) is -0.753. The summed E-state index contributed by atoms with van der Waals surface area (Å²) >= 11 is 11.3. The van der Waals surface area contributed by atoms with Gasteiger partial charge in [-0.3, -0.25) is 4.79 Å². The number of amides is 1. The molecule has 0 aromatic heterocycles. The molecule has 0 aliphatic heterocycles. The highest BCUT2D eigenvalue weighted by atomic mass is 35.5. The predicted octanol–water partition coefficient (Wildman–Crippen LogP) is 3.51. The summed E-state index contributed by atoms with van der Waals surface area (Å²) in [7, 11) is 0. The molecule has 0 atom stereocenters. The van der Waals surface area contributed by atoms with E-state index in [0.29, 0.717) is 0 Å². The maximum Gasteiger partial charge on any atom is 0.416 e. The van der Waals surface area contributed by atoms with Crippen molar-refractivity contribution in [2.75, 3.05) is 0 Å². The van der Waals surface area contributed by atoms with Gasteiger partial charge < -0.3 is 5.73 Å². The van der Waals surface area contributed by atoms with Gasteiger partial charge in [0.2, 0.25) is 5.91 Å². The number of nitrogens with two attached hydrogens (primary N) is 1. The van der Waals surface area contributed by atoms with Crippen molar-refractivity contribution in [1.82, 2.24) is 0 Å². The van der Waals surface area contributed by atoms with E-state index in [1.165, 1.54) is 0 Å². The third-order valence-corrected chi connectivity index (χ3v) is 2.45. The van der Waals surface area contributed by atoms with Crippen LogP contribution in [0.2, 0.25) is 10.0 Å². The van der Waals surface area contributed by atoms with Crippen molar-refractivity contribution in [1.29, 1.82) is 0 Å². The second-order valence-corrected chi connectivity index (χ2v) is 3.90. The van der Waals surface area contributed by atoms with Crippen LogP contribution in [-0.2, 0) is 11.0 Å². The van der Waals surface area contributed by atoms with Crippen LogP contribution in [0.5, 0.6) is 0 Å². The van der Waals surface area contributed by atoms with E-state index in [4.69, 9.17) is 28.9 Å². The van der Waals surface area contributed by atoms with Crippen LogP contribution in [0, 0.1) is 0 Å². The first kappa shape index (κ1) is 13.9. The smallest absolute Gasteiger partial charge is 0.366 e.